The van der Waals surface area contributed by atoms with Gasteiger partial charge in [-0.2, -0.15) is 10.2 Å². The predicted molar refractivity (Wildman–Crippen MR) is 98.2 cm³/mol. The maximum atomic E-state index is 12.3. The normalized spacial score (nSPS) is 11.1. The van der Waals surface area contributed by atoms with E-state index in [1.54, 1.807) is 19.2 Å². The molecule has 0 aliphatic rings. The number of pyridine rings is 1. The quantitative estimate of drug-likeness (QED) is 0.401. The van der Waals surface area contributed by atoms with Crippen LogP contribution in [0.2, 0.25) is 0 Å². The fourth-order valence-electron chi connectivity index (χ4n) is 2.39. The van der Waals surface area contributed by atoms with Gasteiger partial charge in [0.15, 0.2) is 0 Å². The molecule has 0 radical (unpaired) electrons. The zero-order chi connectivity index (χ0) is 20.1. The monoisotopic (exact) mass is 401 g/mol. The minimum Gasteiger partial charge on any atom is -0.462 e. The summed E-state index contributed by atoms with van der Waals surface area (Å²) in [6.45, 7) is 1.82. The van der Waals surface area contributed by atoms with Gasteiger partial charge in [0.2, 0.25) is 0 Å². The van der Waals surface area contributed by atoms with Crippen LogP contribution in [0.3, 0.4) is 0 Å². The molecule has 2 heterocycles. The van der Waals surface area contributed by atoms with Crippen molar-refractivity contribution >= 4 is 32.7 Å². The number of hydrogen-bond donors (Lipinski definition) is 3. The fraction of sp³-hybridized carbons (Fsp3) is 0.118. The number of fused-ring (bicyclic) bond motifs is 1. The highest BCUT2D eigenvalue weighted by Gasteiger charge is 2.19. The summed E-state index contributed by atoms with van der Waals surface area (Å²) in [5.41, 5.74) is 3.31. The number of carbonyl (C=O) groups is 1. The van der Waals surface area contributed by atoms with Gasteiger partial charge in [0.1, 0.15) is 11.2 Å². The molecular formula is C17H15N5O5S. The summed E-state index contributed by atoms with van der Waals surface area (Å²) in [5, 5.41) is 9.39. The zero-order valence-corrected chi connectivity index (χ0v) is 15.4. The summed E-state index contributed by atoms with van der Waals surface area (Å²) in [6.07, 6.45) is 2.89. The number of benzene rings is 1. The van der Waals surface area contributed by atoms with Crippen LogP contribution in [0.4, 0.5) is 5.69 Å². The summed E-state index contributed by atoms with van der Waals surface area (Å²) >= 11 is 0. The first kappa shape index (κ1) is 19.3. The van der Waals surface area contributed by atoms with E-state index < -0.39 is 16.0 Å². The number of nitriles is 1. The van der Waals surface area contributed by atoms with Crippen LogP contribution < -0.4 is 10.4 Å². The van der Waals surface area contributed by atoms with Crippen LogP contribution in [0.5, 0.6) is 0 Å². The number of nitrogens with one attached hydrogen (secondary N) is 3. The van der Waals surface area contributed by atoms with Crippen LogP contribution in [0, 0.1) is 11.3 Å². The number of aromatic nitrogens is 2. The van der Waals surface area contributed by atoms with Crippen LogP contribution in [-0.2, 0) is 19.7 Å². The molecule has 0 atom stereocenters. The van der Waals surface area contributed by atoms with E-state index in [4.69, 9.17) is 14.9 Å². The van der Waals surface area contributed by atoms with Gasteiger partial charge in [-0.25, -0.2) is 23.7 Å². The molecule has 28 heavy (non-hydrogen) atoms. The Kier molecular flexibility index (Phi) is 5.55. The molecule has 0 spiro atoms. The highest BCUT2D eigenvalue weighted by molar-refractivity contribution is 7.89. The highest BCUT2D eigenvalue weighted by Crippen LogP contribution is 2.26. The molecule has 10 nitrogen and oxygen atoms in total. The van der Waals surface area contributed by atoms with Crippen LogP contribution >= 0.6 is 0 Å². The van der Waals surface area contributed by atoms with Gasteiger partial charge in [-0.15, -0.1) is 0 Å². The molecule has 144 valence electrons. The van der Waals surface area contributed by atoms with E-state index in [0.717, 1.165) is 0 Å². The molecule has 3 rings (SSSR count). The third kappa shape index (κ3) is 3.94. The lowest BCUT2D eigenvalue weighted by molar-refractivity contribution is 0.0525. The third-order valence-corrected chi connectivity index (χ3v) is 4.84. The van der Waals surface area contributed by atoms with Crippen molar-refractivity contribution in [1.29, 1.82) is 5.26 Å². The second kappa shape index (κ2) is 8.05. The van der Waals surface area contributed by atoms with Crippen LogP contribution in [0.25, 0.3) is 11.0 Å². The van der Waals surface area contributed by atoms with Crippen molar-refractivity contribution < 1.29 is 22.9 Å². The number of aromatic amines is 1. The Labute approximate surface area is 160 Å². The molecule has 2 aromatic heterocycles. The van der Waals surface area contributed by atoms with E-state index in [1.807, 2.05) is 11.0 Å². The van der Waals surface area contributed by atoms with Gasteiger partial charge >= 0.3 is 5.97 Å². The molecule has 0 amide bonds. The first-order valence-corrected chi connectivity index (χ1v) is 9.51. The molecule has 0 saturated carbocycles. The van der Waals surface area contributed by atoms with Gasteiger partial charge in [-0.1, -0.05) is 11.0 Å². The van der Waals surface area contributed by atoms with Crippen molar-refractivity contribution in [2.24, 2.45) is 0 Å². The molecule has 0 saturated heterocycles. The highest BCUT2D eigenvalue weighted by atomic mass is 32.2. The molecule has 0 aliphatic carbocycles. The summed E-state index contributed by atoms with van der Waals surface area (Å²) in [6, 6.07) is 8.93. The van der Waals surface area contributed by atoms with Crippen LogP contribution in [0.1, 0.15) is 22.8 Å². The number of hydrogen-bond acceptors (Lipinski definition) is 8. The van der Waals surface area contributed by atoms with E-state index in [0.29, 0.717) is 11.0 Å². The molecule has 11 heteroatoms. The lowest BCUT2D eigenvalue weighted by Gasteiger charge is -2.12. The number of H-pyrrole nitrogens is 1. The van der Waals surface area contributed by atoms with E-state index in [9.17, 15) is 13.2 Å². The Morgan fingerprint density at radius 3 is 2.93 bits per heavy atom. The Morgan fingerprint density at radius 1 is 1.36 bits per heavy atom. The van der Waals surface area contributed by atoms with E-state index in [2.05, 4.69) is 15.4 Å². The van der Waals surface area contributed by atoms with Crippen LogP contribution in [0.15, 0.2) is 47.6 Å². The lowest BCUT2D eigenvalue weighted by atomic mass is 10.2. The molecule has 0 unspecified atom stereocenters. The average molecular weight is 401 g/mol. The Bertz CT molecular complexity index is 1170. The number of nitrogens with zero attached hydrogens (tertiary/aromatic N) is 2. The van der Waals surface area contributed by atoms with E-state index in [1.165, 1.54) is 30.5 Å². The smallest absolute Gasteiger partial charge is 0.341 e. The summed E-state index contributed by atoms with van der Waals surface area (Å²) in [5.74, 6) is -0.645. The van der Waals surface area contributed by atoms with Gasteiger partial charge in [0, 0.05) is 17.8 Å². The maximum Gasteiger partial charge on any atom is 0.341 e. The number of rotatable bonds is 7. The molecule has 3 aromatic rings. The minimum absolute atomic E-state index is 0.0691. The Hall–Kier alpha value is -3.46. The zero-order valence-electron chi connectivity index (χ0n) is 14.6. The van der Waals surface area contributed by atoms with Gasteiger partial charge in [0.25, 0.3) is 10.0 Å². The van der Waals surface area contributed by atoms with Gasteiger partial charge < -0.3 is 9.72 Å². The van der Waals surface area contributed by atoms with Gasteiger partial charge in [-0.05, 0) is 31.2 Å². The van der Waals surface area contributed by atoms with Crippen molar-refractivity contribution in [2.45, 2.75) is 11.8 Å². The second-order valence-electron chi connectivity index (χ2n) is 5.44. The maximum absolute atomic E-state index is 12.3. The lowest BCUT2D eigenvalue weighted by Crippen LogP contribution is -2.27. The standard InChI is InChI=1S/C17H15N5O5S/c1-2-26-17(23)14-10-20-16-13(6-7-19-16)15(14)21-27-22-28(24,25)12-5-3-4-11(8-12)9-18/h3-8,10,22H,2H2,1H3,(H2,19,20,21). The minimum atomic E-state index is -4.07. The third-order valence-electron chi connectivity index (χ3n) is 3.66. The SMILES string of the molecule is CCOC(=O)c1cnc2[nH]ccc2c1NONS(=O)(=O)c1cccc(C#N)c1. The molecular weight excluding hydrogens is 386 g/mol. The summed E-state index contributed by atoms with van der Waals surface area (Å²) in [4.78, 5) is 25.8. The average Bonchev–Trinajstić information content (AvgIpc) is 3.17. The topological polar surface area (TPSA) is 146 Å². The molecule has 1 aromatic carbocycles. The summed E-state index contributed by atoms with van der Waals surface area (Å²) in [7, 11) is -4.07. The molecule has 0 fully saturated rings. The Balaban J connectivity index is 1.83. The number of ether oxygens (including phenoxy) is 1. The number of esters is 1. The first-order valence-electron chi connectivity index (χ1n) is 8.03. The largest absolute Gasteiger partial charge is 0.462 e. The van der Waals surface area contributed by atoms with Crippen LogP contribution in [-0.4, -0.2) is 31.0 Å². The van der Waals surface area contributed by atoms with E-state index >= 15 is 0 Å². The summed E-state index contributed by atoms with van der Waals surface area (Å²) < 4.78 is 29.6. The van der Waals surface area contributed by atoms with Gasteiger partial charge in [0.05, 0.1) is 28.8 Å². The molecule has 3 N–H and O–H groups in total. The number of carbonyl (C=O) groups excluding carboxylic acids is 1. The van der Waals surface area contributed by atoms with Crippen molar-refractivity contribution in [3.8, 4) is 6.07 Å². The second-order valence-corrected chi connectivity index (χ2v) is 7.08. The van der Waals surface area contributed by atoms with E-state index in [-0.39, 0.29) is 28.3 Å². The number of anilines is 1. The first-order chi connectivity index (χ1) is 13.5. The Morgan fingerprint density at radius 2 is 2.18 bits per heavy atom. The van der Waals surface area contributed by atoms with Crippen molar-refractivity contribution in [1.82, 2.24) is 14.9 Å². The fourth-order valence-corrected chi connectivity index (χ4v) is 3.18. The predicted octanol–water partition coefficient (Wildman–Crippen LogP) is 1.85. The molecule has 0 bridgehead atoms. The van der Waals surface area contributed by atoms with Crippen molar-refractivity contribution in [2.75, 3.05) is 12.1 Å². The van der Waals surface area contributed by atoms with Gasteiger partial charge in [-0.3, -0.25) is 0 Å². The molecule has 0 aliphatic heterocycles. The number of sulfonamides is 1. The van der Waals surface area contributed by atoms with Crippen molar-refractivity contribution in [3.63, 3.8) is 0 Å². The van der Waals surface area contributed by atoms with Crippen molar-refractivity contribution in [3.05, 3.63) is 53.9 Å².